The number of hydrogen-bond acceptors (Lipinski definition) is 4. The summed E-state index contributed by atoms with van der Waals surface area (Å²) in [6.07, 6.45) is 2.14. The van der Waals surface area contributed by atoms with Gasteiger partial charge in [-0.25, -0.2) is 13.2 Å². The van der Waals surface area contributed by atoms with Crippen LogP contribution in [0.3, 0.4) is 0 Å². The van der Waals surface area contributed by atoms with Crippen molar-refractivity contribution >= 4 is 15.8 Å². The number of unbranched alkanes of at least 4 members (excludes halogenated alkanes) is 1. The number of carbonyl (C=O) groups excluding carboxylic acids is 1. The molecule has 26 heavy (non-hydrogen) atoms. The van der Waals surface area contributed by atoms with Crippen LogP contribution in [-0.2, 0) is 14.6 Å². The molecular weight excluding hydrogens is 348 g/mol. The van der Waals surface area contributed by atoms with Crippen molar-refractivity contribution in [3.05, 3.63) is 66.2 Å². The van der Waals surface area contributed by atoms with Gasteiger partial charge < -0.3 is 4.74 Å². The van der Waals surface area contributed by atoms with Gasteiger partial charge in [-0.3, -0.25) is 0 Å². The average molecular weight is 375 g/mol. The van der Waals surface area contributed by atoms with Crippen LogP contribution in [0.2, 0.25) is 0 Å². The maximum absolute atomic E-state index is 13.1. The van der Waals surface area contributed by atoms with Crippen molar-refractivity contribution in [2.75, 3.05) is 0 Å². The molecule has 140 valence electrons. The van der Waals surface area contributed by atoms with E-state index in [1.54, 1.807) is 68.4 Å². The number of carbonyl (C=O) groups is 1. The summed E-state index contributed by atoms with van der Waals surface area (Å²) in [7, 11) is -3.63. The van der Waals surface area contributed by atoms with Crippen molar-refractivity contribution in [2.24, 2.45) is 0 Å². The Bertz CT molecular complexity index is 816. The lowest BCUT2D eigenvalue weighted by molar-refractivity contribution is -0.0145. The second-order valence-electron chi connectivity index (χ2n) is 6.67. The van der Waals surface area contributed by atoms with E-state index in [1.165, 1.54) is 0 Å². The highest BCUT2D eigenvalue weighted by atomic mass is 32.2. The Labute approximate surface area is 156 Å². The summed E-state index contributed by atoms with van der Waals surface area (Å²) in [6, 6.07) is 17.0. The maximum Gasteiger partial charge on any atom is 0.338 e. The quantitative estimate of drug-likeness (QED) is 0.631. The van der Waals surface area contributed by atoms with E-state index in [0.717, 1.165) is 12.8 Å². The van der Waals surface area contributed by atoms with Crippen molar-refractivity contribution < 1.29 is 17.9 Å². The molecule has 2 unspecified atom stereocenters. The zero-order valence-electron chi connectivity index (χ0n) is 15.5. The van der Waals surface area contributed by atoms with Crippen molar-refractivity contribution in [3.8, 4) is 0 Å². The van der Waals surface area contributed by atoms with Gasteiger partial charge in [-0.05, 0) is 51.0 Å². The summed E-state index contributed by atoms with van der Waals surface area (Å²) in [5.74, 6) is -0.501. The minimum absolute atomic E-state index is 0.242. The Balaban J connectivity index is 2.34. The Morgan fingerprint density at radius 1 is 1.04 bits per heavy atom. The molecule has 5 heteroatoms. The van der Waals surface area contributed by atoms with E-state index in [4.69, 9.17) is 4.74 Å². The summed E-state index contributed by atoms with van der Waals surface area (Å²) < 4.78 is 31.9. The third-order valence-electron chi connectivity index (χ3n) is 4.76. The van der Waals surface area contributed by atoms with Crippen LogP contribution in [0.4, 0.5) is 0 Å². The first-order chi connectivity index (χ1) is 12.3. The molecule has 4 nitrogen and oxygen atoms in total. The van der Waals surface area contributed by atoms with Gasteiger partial charge in [-0.15, -0.1) is 0 Å². The van der Waals surface area contributed by atoms with Crippen molar-refractivity contribution in [2.45, 2.75) is 55.8 Å². The lowest BCUT2D eigenvalue weighted by Gasteiger charge is -2.35. The van der Waals surface area contributed by atoms with Crippen molar-refractivity contribution in [3.63, 3.8) is 0 Å². The van der Waals surface area contributed by atoms with Gasteiger partial charge in [0.2, 0.25) is 0 Å². The standard InChI is InChI=1S/C21H26O4S/c1-4-5-16-21(3,25-20(22)18-12-8-6-9-13-18)17(2)26(23,24)19-14-10-7-11-15-19/h6-15,17H,4-5,16H2,1-3H3. The van der Waals surface area contributed by atoms with Crippen LogP contribution < -0.4 is 0 Å². The number of rotatable bonds is 8. The Morgan fingerprint density at radius 2 is 1.58 bits per heavy atom. The van der Waals surface area contributed by atoms with E-state index < -0.39 is 26.7 Å². The van der Waals surface area contributed by atoms with Gasteiger partial charge in [0.1, 0.15) is 10.9 Å². The fourth-order valence-electron chi connectivity index (χ4n) is 2.85. The second kappa shape index (κ2) is 8.49. The lowest BCUT2D eigenvalue weighted by atomic mass is 9.95. The lowest BCUT2D eigenvalue weighted by Crippen LogP contribution is -2.46. The molecule has 0 aromatic heterocycles. The molecule has 2 aromatic rings. The molecule has 0 amide bonds. The highest BCUT2D eigenvalue weighted by molar-refractivity contribution is 7.92. The fourth-order valence-corrected chi connectivity index (χ4v) is 4.62. The van der Waals surface area contributed by atoms with E-state index in [1.807, 2.05) is 13.0 Å². The molecule has 0 radical (unpaired) electrons. The number of benzene rings is 2. The van der Waals surface area contributed by atoms with E-state index in [0.29, 0.717) is 12.0 Å². The van der Waals surface area contributed by atoms with Gasteiger partial charge >= 0.3 is 5.97 Å². The molecule has 0 N–H and O–H groups in total. The zero-order chi connectivity index (χ0) is 19.2. The maximum atomic E-state index is 13.1. The monoisotopic (exact) mass is 374 g/mol. The molecule has 0 aliphatic rings. The second-order valence-corrected chi connectivity index (χ2v) is 8.94. The largest absolute Gasteiger partial charge is 0.454 e. The normalized spacial score (nSPS) is 15.0. The predicted molar refractivity (Wildman–Crippen MR) is 103 cm³/mol. The number of esters is 1. The molecule has 0 aliphatic carbocycles. The summed E-state index contributed by atoms with van der Waals surface area (Å²) in [5, 5.41) is -0.864. The molecule has 0 saturated carbocycles. The Kier molecular flexibility index (Phi) is 6.59. The Morgan fingerprint density at radius 3 is 2.12 bits per heavy atom. The molecule has 0 bridgehead atoms. The number of hydrogen-bond donors (Lipinski definition) is 0. The average Bonchev–Trinajstić information content (AvgIpc) is 2.67. The molecule has 2 atom stereocenters. The van der Waals surface area contributed by atoms with E-state index in [-0.39, 0.29) is 4.90 Å². The summed E-state index contributed by atoms with van der Waals surface area (Å²) >= 11 is 0. The van der Waals surface area contributed by atoms with Gasteiger partial charge in [-0.2, -0.15) is 0 Å². The van der Waals surface area contributed by atoms with Gasteiger partial charge in [0.25, 0.3) is 0 Å². The van der Waals surface area contributed by atoms with Crippen LogP contribution in [0, 0.1) is 0 Å². The third-order valence-corrected chi connectivity index (χ3v) is 7.12. The molecule has 2 aromatic carbocycles. The summed E-state index contributed by atoms with van der Waals surface area (Å²) in [6.45, 7) is 5.36. The summed E-state index contributed by atoms with van der Waals surface area (Å²) in [4.78, 5) is 12.8. The van der Waals surface area contributed by atoms with Gasteiger partial charge in [0.15, 0.2) is 9.84 Å². The van der Waals surface area contributed by atoms with Crippen LogP contribution in [0.25, 0.3) is 0 Å². The molecule has 0 spiro atoms. The zero-order valence-corrected chi connectivity index (χ0v) is 16.3. The first-order valence-electron chi connectivity index (χ1n) is 8.88. The highest BCUT2D eigenvalue weighted by Crippen LogP contribution is 2.32. The van der Waals surface area contributed by atoms with Crippen LogP contribution in [0.5, 0.6) is 0 Å². The third kappa shape index (κ3) is 4.52. The van der Waals surface area contributed by atoms with Crippen molar-refractivity contribution in [1.29, 1.82) is 0 Å². The molecule has 0 fully saturated rings. The van der Waals surface area contributed by atoms with Gasteiger partial charge in [0, 0.05) is 0 Å². The van der Waals surface area contributed by atoms with Crippen LogP contribution in [-0.4, -0.2) is 25.2 Å². The summed E-state index contributed by atoms with van der Waals surface area (Å²) in [5.41, 5.74) is -0.697. The van der Waals surface area contributed by atoms with E-state index >= 15 is 0 Å². The predicted octanol–water partition coefficient (Wildman–Crippen LogP) is 4.65. The van der Waals surface area contributed by atoms with E-state index in [9.17, 15) is 13.2 Å². The Hall–Kier alpha value is -2.14. The molecular formula is C21H26O4S. The molecule has 0 heterocycles. The number of sulfone groups is 1. The SMILES string of the molecule is CCCCC(C)(OC(=O)c1ccccc1)C(C)S(=O)(=O)c1ccccc1. The minimum Gasteiger partial charge on any atom is -0.454 e. The smallest absolute Gasteiger partial charge is 0.338 e. The molecule has 0 aliphatic heterocycles. The first-order valence-corrected chi connectivity index (χ1v) is 10.4. The fraction of sp³-hybridized carbons (Fsp3) is 0.381. The first kappa shape index (κ1) is 20.2. The van der Waals surface area contributed by atoms with Crippen molar-refractivity contribution in [1.82, 2.24) is 0 Å². The van der Waals surface area contributed by atoms with E-state index in [2.05, 4.69) is 0 Å². The number of ether oxygens (including phenoxy) is 1. The molecule has 2 rings (SSSR count). The van der Waals surface area contributed by atoms with Crippen LogP contribution in [0.15, 0.2) is 65.6 Å². The molecule has 0 saturated heterocycles. The van der Waals surface area contributed by atoms with Crippen LogP contribution >= 0.6 is 0 Å². The van der Waals surface area contributed by atoms with Gasteiger partial charge in [-0.1, -0.05) is 49.7 Å². The van der Waals surface area contributed by atoms with Crippen LogP contribution in [0.1, 0.15) is 50.4 Å². The highest BCUT2D eigenvalue weighted by Gasteiger charge is 2.43. The van der Waals surface area contributed by atoms with Gasteiger partial charge in [0.05, 0.1) is 10.5 Å². The topological polar surface area (TPSA) is 60.4 Å². The minimum atomic E-state index is -3.63.